The van der Waals surface area contributed by atoms with E-state index in [-0.39, 0.29) is 12.0 Å². The highest BCUT2D eigenvalue weighted by Gasteiger charge is 2.30. The lowest BCUT2D eigenvalue weighted by Gasteiger charge is -2.22. The van der Waals surface area contributed by atoms with Crippen LogP contribution >= 0.6 is 0 Å². The van der Waals surface area contributed by atoms with E-state index < -0.39 is 0 Å². The molecule has 0 aromatic carbocycles. The number of H-pyrrole nitrogens is 1. The van der Waals surface area contributed by atoms with Gasteiger partial charge >= 0.3 is 0 Å². The number of aliphatic hydroxyl groups is 1. The summed E-state index contributed by atoms with van der Waals surface area (Å²) in [6, 6.07) is 0. The van der Waals surface area contributed by atoms with Crippen LogP contribution in [0.1, 0.15) is 60.5 Å². The van der Waals surface area contributed by atoms with Crippen molar-refractivity contribution in [3.8, 4) is 0 Å². The van der Waals surface area contributed by atoms with Gasteiger partial charge in [0.15, 0.2) is 0 Å². The SMILES string of the molecule is O=C(c1cn[nH]c1C1CCCCC1)N1CC[C@@H](O)C1. The van der Waals surface area contributed by atoms with E-state index in [0.717, 1.165) is 18.5 Å². The fourth-order valence-electron chi connectivity index (χ4n) is 3.27. The van der Waals surface area contributed by atoms with E-state index in [1.54, 1.807) is 11.1 Å². The number of nitrogens with zero attached hydrogens (tertiary/aromatic N) is 2. The number of likely N-dealkylation sites (tertiary alicyclic amines) is 1. The Balaban J connectivity index is 1.77. The minimum Gasteiger partial charge on any atom is -0.391 e. The third-order valence-electron chi connectivity index (χ3n) is 4.36. The van der Waals surface area contributed by atoms with Gasteiger partial charge in [0.05, 0.1) is 23.6 Å². The molecule has 0 spiro atoms. The molecule has 1 aromatic heterocycles. The van der Waals surface area contributed by atoms with E-state index in [1.165, 1.54) is 19.3 Å². The smallest absolute Gasteiger partial charge is 0.257 e. The number of hydrogen-bond acceptors (Lipinski definition) is 3. The molecule has 1 aromatic rings. The molecular formula is C14H21N3O2. The molecule has 5 heteroatoms. The average Bonchev–Trinajstić information content (AvgIpc) is 3.07. The monoisotopic (exact) mass is 263 g/mol. The molecule has 1 atom stereocenters. The standard InChI is InChI=1S/C14H21N3O2/c18-11-6-7-17(9-11)14(19)12-8-15-16-13(12)10-4-2-1-3-5-10/h8,10-11,18H,1-7,9H2,(H,15,16)/t11-/m1/s1. The first-order valence-corrected chi connectivity index (χ1v) is 7.26. The Labute approximate surface area is 113 Å². The van der Waals surface area contributed by atoms with E-state index in [0.29, 0.717) is 31.0 Å². The van der Waals surface area contributed by atoms with Crippen molar-refractivity contribution in [2.24, 2.45) is 0 Å². The van der Waals surface area contributed by atoms with Gasteiger partial charge in [-0.25, -0.2) is 0 Å². The van der Waals surface area contributed by atoms with Gasteiger partial charge in [0, 0.05) is 19.0 Å². The fraction of sp³-hybridized carbons (Fsp3) is 0.714. The van der Waals surface area contributed by atoms with Crippen molar-refractivity contribution >= 4 is 5.91 Å². The van der Waals surface area contributed by atoms with Gasteiger partial charge in [-0.3, -0.25) is 9.89 Å². The van der Waals surface area contributed by atoms with E-state index in [1.807, 2.05) is 0 Å². The molecule has 1 amide bonds. The van der Waals surface area contributed by atoms with Crippen molar-refractivity contribution in [2.75, 3.05) is 13.1 Å². The number of aliphatic hydroxyl groups excluding tert-OH is 1. The van der Waals surface area contributed by atoms with Crippen molar-refractivity contribution in [1.82, 2.24) is 15.1 Å². The Bertz CT molecular complexity index is 451. The highest BCUT2D eigenvalue weighted by atomic mass is 16.3. The number of aromatic nitrogens is 2. The Morgan fingerprint density at radius 2 is 2.11 bits per heavy atom. The van der Waals surface area contributed by atoms with Gasteiger partial charge in [-0.2, -0.15) is 5.10 Å². The lowest BCUT2D eigenvalue weighted by molar-refractivity contribution is 0.0763. The zero-order valence-electron chi connectivity index (χ0n) is 11.1. The highest BCUT2D eigenvalue weighted by molar-refractivity contribution is 5.95. The second kappa shape index (κ2) is 5.33. The molecule has 2 fully saturated rings. The van der Waals surface area contributed by atoms with E-state index >= 15 is 0 Å². The van der Waals surface area contributed by atoms with Crippen LogP contribution < -0.4 is 0 Å². The molecular weight excluding hydrogens is 242 g/mol. The molecule has 104 valence electrons. The van der Waals surface area contributed by atoms with Gasteiger partial charge in [-0.15, -0.1) is 0 Å². The van der Waals surface area contributed by atoms with Crippen LogP contribution in [-0.2, 0) is 0 Å². The summed E-state index contributed by atoms with van der Waals surface area (Å²) in [6.45, 7) is 1.10. The second-order valence-electron chi connectivity index (χ2n) is 5.73. The normalized spacial score (nSPS) is 24.9. The van der Waals surface area contributed by atoms with Crippen molar-refractivity contribution in [2.45, 2.75) is 50.5 Å². The zero-order valence-corrected chi connectivity index (χ0v) is 11.1. The number of carbonyl (C=O) groups excluding carboxylic acids is 1. The number of carbonyl (C=O) groups is 1. The van der Waals surface area contributed by atoms with Crippen molar-refractivity contribution in [3.63, 3.8) is 0 Å². The lowest BCUT2D eigenvalue weighted by atomic mass is 9.85. The number of aromatic amines is 1. The summed E-state index contributed by atoms with van der Waals surface area (Å²) in [4.78, 5) is 14.2. The van der Waals surface area contributed by atoms with Crippen LogP contribution in [0.2, 0.25) is 0 Å². The Hall–Kier alpha value is -1.36. The maximum Gasteiger partial charge on any atom is 0.257 e. The first kappa shape index (κ1) is 12.7. The second-order valence-corrected chi connectivity index (χ2v) is 5.73. The van der Waals surface area contributed by atoms with Gasteiger partial charge in [0.25, 0.3) is 5.91 Å². The van der Waals surface area contributed by atoms with Crippen LogP contribution in [-0.4, -0.2) is 45.3 Å². The number of rotatable bonds is 2. The predicted molar refractivity (Wildman–Crippen MR) is 70.9 cm³/mol. The summed E-state index contributed by atoms with van der Waals surface area (Å²) < 4.78 is 0. The van der Waals surface area contributed by atoms with Gasteiger partial charge in [-0.1, -0.05) is 19.3 Å². The summed E-state index contributed by atoms with van der Waals surface area (Å²) in [5.41, 5.74) is 1.71. The Kier molecular flexibility index (Phi) is 3.55. The molecule has 0 unspecified atom stereocenters. The number of hydrogen-bond donors (Lipinski definition) is 2. The molecule has 2 heterocycles. The molecule has 3 rings (SSSR count). The molecule has 19 heavy (non-hydrogen) atoms. The molecule has 0 radical (unpaired) electrons. The van der Waals surface area contributed by atoms with Crippen LogP contribution in [0.4, 0.5) is 0 Å². The summed E-state index contributed by atoms with van der Waals surface area (Å²) in [7, 11) is 0. The summed E-state index contributed by atoms with van der Waals surface area (Å²) in [5.74, 6) is 0.466. The van der Waals surface area contributed by atoms with Gasteiger partial charge in [0.1, 0.15) is 0 Å². The van der Waals surface area contributed by atoms with E-state index in [4.69, 9.17) is 0 Å². The Morgan fingerprint density at radius 3 is 2.79 bits per heavy atom. The minimum absolute atomic E-state index is 0.0193. The number of amides is 1. The Morgan fingerprint density at radius 1 is 1.32 bits per heavy atom. The molecule has 2 N–H and O–H groups in total. The van der Waals surface area contributed by atoms with E-state index in [2.05, 4.69) is 10.2 Å². The molecule has 5 nitrogen and oxygen atoms in total. The van der Waals surface area contributed by atoms with E-state index in [9.17, 15) is 9.90 Å². The van der Waals surface area contributed by atoms with Crippen LogP contribution in [0.5, 0.6) is 0 Å². The van der Waals surface area contributed by atoms with Crippen LogP contribution in [0, 0.1) is 0 Å². The molecule has 1 saturated carbocycles. The van der Waals surface area contributed by atoms with Gasteiger partial charge in [-0.05, 0) is 19.3 Å². The van der Waals surface area contributed by atoms with Crippen LogP contribution in [0.15, 0.2) is 6.20 Å². The minimum atomic E-state index is -0.367. The largest absolute Gasteiger partial charge is 0.391 e. The number of β-amino-alcohol motifs (C(OH)–C–C–N with tert-alkyl or cyclic N) is 1. The number of nitrogens with one attached hydrogen (secondary N) is 1. The van der Waals surface area contributed by atoms with Crippen LogP contribution in [0.3, 0.4) is 0 Å². The summed E-state index contributed by atoms with van der Waals surface area (Å²) in [5, 5.41) is 16.7. The molecule has 2 aliphatic rings. The van der Waals surface area contributed by atoms with Crippen molar-refractivity contribution in [3.05, 3.63) is 17.5 Å². The third kappa shape index (κ3) is 2.52. The third-order valence-corrected chi connectivity index (χ3v) is 4.36. The summed E-state index contributed by atoms with van der Waals surface area (Å²) in [6.07, 6.45) is 8.02. The quantitative estimate of drug-likeness (QED) is 0.852. The lowest BCUT2D eigenvalue weighted by Crippen LogP contribution is -2.30. The predicted octanol–water partition coefficient (Wildman–Crippen LogP) is 1.66. The molecule has 1 aliphatic carbocycles. The van der Waals surface area contributed by atoms with Gasteiger partial charge in [0.2, 0.25) is 0 Å². The van der Waals surface area contributed by atoms with Crippen LogP contribution in [0.25, 0.3) is 0 Å². The first-order valence-electron chi connectivity index (χ1n) is 7.26. The topological polar surface area (TPSA) is 69.2 Å². The van der Waals surface area contributed by atoms with Crippen molar-refractivity contribution < 1.29 is 9.90 Å². The average molecular weight is 263 g/mol. The molecule has 1 saturated heterocycles. The summed E-state index contributed by atoms with van der Waals surface area (Å²) >= 11 is 0. The zero-order chi connectivity index (χ0) is 13.2. The maximum atomic E-state index is 12.5. The maximum absolute atomic E-state index is 12.5. The highest BCUT2D eigenvalue weighted by Crippen LogP contribution is 2.33. The molecule has 0 bridgehead atoms. The fourth-order valence-corrected chi connectivity index (χ4v) is 3.27. The molecule has 1 aliphatic heterocycles. The van der Waals surface area contributed by atoms with Gasteiger partial charge < -0.3 is 10.0 Å². The first-order chi connectivity index (χ1) is 9.25. The van der Waals surface area contributed by atoms with Crippen molar-refractivity contribution in [1.29, 1.82) is 0 Å².